The SMILES string of the molecule is Cl.NC1(CNC(=O)c2ccsc2)CCCCC1. The number of thiophene rings is 1. The lowest BCUT2D eigenvalue weighted by atomic mass is 9.82. The van der Waals surface area contributed by atoms with Crippen LogP contribution in [0, 0.1) is 0 Å². The van der Waals surface area contributed by atoms with Crippen LogP contribution in [0.5, 0.6) is 0 Å². The van der Waals surface area contributed by atoms with Gasteiger partial charge in [-0.3, -0.25) is 4.79 Å². The van der Waals surface area contributed by atoms with Crippen molar-refractivity contribution in [2.45, 2.75) is 37.6 Å². The molecule has 0 aliphatic heterocycles. The van der Waals surface area contributed by atoms with Gasteiger partial charge in [-0.2, -0.15) is 11.3 Å². The van der Waals surface area contributed by atoms with Gasteiger partial charge < -0.3 is 11.1 Å². The van der Waals surface area contributed by atoms with Crippen molar-refractivity contribution in [1.29, 1.82) is 0 Å². The van der Waals surface area contributed by atoms with Crippen molar-refractivity contribution in [3.8, 4) is 0 Å². The Balaban J connectivity index is 0.00000144. The fourth-order valence-electron chi connectivity index (χ4n) is 2.18. The van der Waals surface area contributed by atoms with Gasteiger partial charge in [0.25, 0.3) is 5.91 Å². The second kappa shape index (κ2) is 6.38. The molecule has 0 aromatic carbocycles. The minimum absolute atomic E-state index is 0. The molecule has 3 nitrogen and oxygen atoms in total. The summed E-state index contributed by atoms with van der Waals surface area (Å²) in [5.41, 5.74) is 6.81. The van der Waals surface area contributed by atoms with Gasteiger partial charge in [0.15, 0.2) is 0 Å². The number of carbonyl (C=O) groups excluding carboxylic acids is 1. The highest BCUT2D eigenvalue weighted by molar-refractivity contribution is 7.08. The predicted octanol–water partition coefficient (Wildman–Crippen LogP) is 2.56. The van der Waals surface area contributed by atoms with Crippen molar-refractivity contribution in [1.82, 2.24) is 5.32 Å². The minimum Gasteiger partial charge on any atom is -0.350 e. The number of nitrogens with two attached hydrogens (primary N) is 1. The van der Waals surface area contributed by atoms with Crippen molar-refractivity contribution in [2.24, 2.45) is 5.73 Å². The molecule has 1 aromatic rings. The lowest BCUT2D eigenvalue weighted by molar-refractivity contribution is 0.0938. The standard InChI is InChI=1S/C12H18N2OS.ClH/c13-12(5-2-1-3-6-12)9-14-11(15)10-4-7-16-8-10;/h4,7-8H,1-3,5-6,9,13H2,(H,14,15);1H. The molecule has 96 valence electrons. The summed E-state index contributed by atoms with van der Waals surface area (Å²) in [7, 11) is 0. The third-order valence-electron chi connectivity index (χ3n) is 3.23. The Morgan fingerprint density at radius 1 is 1.41 bits per heavy atom. The summed E-state index contributed by atoms with van der Waals surface area (Å²) in [6.45, 7) is 0.599. The smallest absolute Gasteiger partial charge is 0.252 e. The normalized spacial score (nSPS) is 18.2. The maximum Gasteiger partial charge on any atom is 0.252 e. The van der Waals surface area contributed by atoms with Crippen molar-refractivity contribution in [2.75, 3.05) is 6.54 Å². The van der Waals surface area contributed by atoms with Gasteiger partial charge in [-0.1, -0.05) is 19.3 Å². The lowest BCUT2D eigenvalue weighted by Crippen LogP contribution is -2.51. The zero-order valence-corrected chi connectivity index (χ0v) is 11.4. The molecule has 0 radical (unpaired) electrons. The van der Waals surface area contributed by atoms with Gasteiger partial charge in [-0.05, 0) is 24.3 Å². The largest absolute Gasteiger partial charge is 0.350 e. The van der Waals surface area contributed by atoms with E-state index in [4.69, 9.17) is 5.73 Å². The number of hydrogen-bond acceptors (Lipinski definition) is 3. The van der Waals surface area contributed by atoms with E-state index in [2.05, 4.69) is 5.32 Å². The number of nitrogens with one attached hydrogen (secondary N) is 1. The lowest BCUT2D eigenvalue weighted by Gasteiger charge is -2.33. The highest BCUT2D eigenvalue weighted by atomic mass is 35.5. The fourth-order valence-corrected chi connectivity index (χ4v) is 2.82. The number of rotatable bonds is 3. The Morgan fingerprint density at radius 3 is 2.71 bits per heavy atom. The van der Waals surface area contributed by atoms with Gasteiger partial charge >= 0.3 is 0 Å². The average molecular weight is 275 g/mol. The van der Waals surface area contributed by atoms with Crippen molar-refractivity contribution >= 4 is 29.7 Å². The van der Waals surface area contributed by atoms with E-state index in [9.17, 15) is 4.79 Å². The molecule has 0 unspecified atom stereocenters. The first-order valence-corrected chi connectivity index (χ1v) is 6.73. The highest BCUT2D eigenvalue weighted by Crippen LogP contribution is 2.25. The molecule has 5 heteroatoms. The van der Waals surface area contributed by atoms with Crippen LogP contribution in [-0.4, -0.2) is 18.0 Å². The molecule has 2 rings (SSSR count). The summed E-state index contributed by atoms with van der Waals surface area (Å²) in [6.07, 6.45) is 5.70. The zero-order valence-electron chi connectivity index (χ0n) is 9.78. The summed E-state index contributed by atoms with van der Waals surface area (Å²) in [5.74, 6) is -0.00310. The fraction of sp³-hybridized carbons (Fsp3) is 0.583. The first kappa shape index (κ1) is 14.5. The van der Waals surface area contributed by atoms with Gasteiger partial charge in [-0.15, -0.1) is 12.4 Å². The monoisotopic (exact) mass is 274 g/mol. The van der Waals surface area contributed by atoms with Crippen molar-refractivity contribution in [3.05, 3.63) is 22.4 Å². The minimum atomic E-state index is -0.177. The van der Waals surface area contributed by atoms with Crippen LogP contribution in [0.15, 0.2) is 16.8 Å². The molecule has 1 aliphatic carbocycles. The third kappa shape index (κ3) is 3.98. The highest BCUT2D eigenvalue weighted by Gasteiger charge is 2.27. The molecule has 0 atom stereocenters. The number of carbonyl (C=O) groups is 1. The summed E-state index contributed by atoms with van der Waals surface area (Å²) in [5, 5.41) is 6.71. The van der Waals surface area contributed by atoms with Gasteiger partial charge in [0.2, 0.25) is 0 Å². The van der Waals surface area contributed by atoms with Crippen LogP contribution in [0.3, 0.4) is 0 Å². The van der Waals surface area contributed by atoms with E-state index in [0.29, 0.717) is 6.54 Å². The number of hydrogen-bond donors (Lipinski definition) is 2. The van der Waals surface area contributed by atoms with Crippen LogP contribution in [0.1, 0.15) is 42.5 Å². The molecule has 0 saturated heterocycles. The quantitative estimate of drug-likeness (QED) is 0.890. The van der Waals surface area contributed by atoms with Crippen LogP contribution in [0.2, 0.25) is 0 Å². The van der Waals surface area contributed by atoms with Crippen LogP contribution in [0.4, 0.5) is 0 Å². The van der Waals surface area contributed by atoms with E-state index in [1.54, 1.807) is 0 Å². The molecule has 1 saturated carbocycles. The topological polar surface area (TPSA) is 55.1 Å². The number of halogens is 1. The van der Waals surface area contributed by atoms with Crippen LogP contribution >= 0.6 is 23.7 Å². The summed E-state index contributed by atoms with van der Waals surface area (Å²) in [4.78, 5) is 11.7. The van der Waals surface area contributed by atoms with Gasteiger partial charge in [0.1, 0.15) is 0 Å². The molecule has 1 amide bonds. The maximum absolute atomic E-state index is 11.7. The van der Waals surface area contributed by atoms with E-state index >= 15 is 0 Å². The molecular formula is C12H19ClN2OS. The molecule has 1 heterocycles. The second-order valence-corrected chi connectivity index (χ2v) is 5.40. The molecular weight excluding hydrogens is 256 g/mol. The summed E-state index contributed by atoms with van der Waals surface area (Å²) < 4.78 is 0. The Morgan fingerprint density at radius 2 is 2.12 bits per heavy atom. The van der Waals surface area contributed by atoms with Crippen LogP contribution < -0.4 is 11.1 Å². The summed E-state index contributed by atoms with van der Waals surface area (Å²) >= 11 is 1.54. The third-order valence-corrected chi connectivity index (χ3v) is 3.92. The molecule has 1 aromatic heterocycles. The maximum atomic E-state index is 11.7. The Labute approximate surface area is 112 Å². The zero-order chi connectivity index (χ0) is 11.4. The molecule has 0 spiro atoms. The van der Waals surface area contributed by atoms with Crippen molar-refractivity contribution in [3.63, 3.8) is 0 Å². The van der Waals surface area contributed by atoms with E-state index in [-0.39, 0.29) is 23.9 Å². The van der Waals surface area contributed by atoms with E-state index < -0.39 is 0 Å². The van der Waals surface area contributed by atoms with E-state index in [0.717, 1.165) is 18.4 Å². The first-order valence-electron chi connectivity index (χ1n) is 5.79. The second-order valence-electron chi connectivity index (χ2n) is 4.62. The predicted molar refractivity (Wildman–Crippen MR) is 73.9 cm³/mol. The van der Waals surface area contributed by atoms with E-state index in [1.165, 1.54) is 30.6 Å². The van der Waals surface area contributed by atoms with Gasteiger partial charge in [-0.25, -0.2) is 0 Å². The molecule has 0 bridgehead atoms. The Bertz CT molecular complexity index is 347. The Kier molecular flexibility index (Phi) is 5.43. The van der Waals surface area contributed by atoms with Crippen molar-refractivity contribution < 1.29 is 4.79 Å². The molecule has 3 N–H and O–H groups in total. The van der Waals surface area contributed by atoms with Crippen LogP contribution in [0.25, 0.3) is 0 Å². The van der Waals surface area contributed by atoms with Gasteiger partial charge in [0, 0.05) is 23.0 Å². The molecule has 1 fully saturated rings. The number of amides is 1. The first-order chi connectivity index (χ1) is 7.70. The van der Waals surface area contributed by atoms with E-state index in [1.807, 2.05) is 16.8 Å². The Hall–Kier alpha value is -0.580. The van der Waals surface area contributed by atoms with Crippen LogP contribution in [-0.2, 0) is 0 Å². The molecule has 17 heavy (non-hydrogen) atoms. The summed E-state index contributed by atoms with van der Waals surface area (Å²) in [6, 6.07) is 1.84. The van der Waals surface area contributed by atoms with Gasteiger partial charge in [0.05, 0.1) is 0 Å². The average Bonchev–Trinajstić information content (AvgIpc) is 2.80. The molecule has 1 aliphatic rings.